The Morgan fingerprint density at radius 2 is 2.00 bits per heavy atom. The minimum atomic E-state index is 0.225. The highest BCUT2D eigenvalue weighted by Crippen LogP contribution is 2.31. The number of nitrogens with zero attached hydrogens (tertiary/aromatic N) is 1. The number of carbonyl (C=O) groups excluding carboxylic acids is 1. The summed E-state index contributed by atoms with van der Waals surface area (Å²) in [5, 5.41) is 0. The van der Waals surface area contributed by atoms with Gasteiger partial charge in [-0.25, -0.2) is 0 Å². The standard InChI is InChI=1S/C13H18N2O/c1-9-6-7-11(14)10(2)13(9)15-8-4-3-5-12(15)16/h6-7H,3-5,8,14H2,1-2H3. The van der Waals surface area contributed by atoms with Gasteiger partial charge in [0.2, 0.25) is 5.91 Å². The number of hydrogen-bond acceptors (Lipinski definition) is 2. The summed E-state index contributed by atoms with van der Waals surface area (Å²) < 4.78 is 0. The summed E-state index contributed by atoms with van der Waals surface area (Å²) in [6, 6.07) is 3.89. The second-order valence-electron chi connectivity index (χ2n) is 4.45. The van der Waals surface area contributed by atoms with Gasteiger partial charge in [-0.1, -0.05) is 6.07 Å². The van der Waals surface area contributed by atoms with Crippen LogP contribution >= 0.6 is 0 Å². The number of benzene rings is 1. The molecule has 1 aromatic carbocycles. The molecule has 1 heterocycles. The molecule has 16 heavy (non-hydrogen) atoms. The Morgan fingerprint density at radius 3 is 2.69 bits per heavy atom. The topological polar surface area (TPSA) is 46.3 Å². The van der Waals surface area contributed by atoms with Gasteiger partial charge in [-0.3, -0.25) is 4.79 Å². The molecule has 1 saturated heterocycles. The van der Waals surface area contributed by atoms with Crippen molar-refractivity contribution in [1.82, 2.24) is 0 Å². The molecule has 3 heteroatoms. The third-order valence-corrected chi connectivity index (χ3v) is 3.27. The molecule has 0 bridgehead atoms. The van der Waals surface area contributed by atoms with Crippen LogP contribution in [0, 0.1) is 13.8 Å². The fourth-order valence-electron chi connectivity index (χ4n) is 2.31. The van der Waals surface area contributed by atoms with Gasteiger partial charge in [0.05, 0.1) is 5.69 Å². The Balaban J connectivity index is 2.46. The summed E-state index contributed by atoms with van der Waals surface area (Å²) in [6.45, 7) is 4.84. The van der Waals surface area contributed by atoms with E-state index in [9.17, 15) is 4.79 Å². The fourth-order valence-corrected chi connectivity index (χ4v) is 2.31. The van der Waals surface area contributed by atoms with Gasteiger partial charge in [0.15, 0.2) is 0 Å². The van der Waals surface area contributed by atoms with Crippen LogP contribution in [-0.4, -0.2) is 12.5 Å². The van der Waals surface area contributed by atoms with Crippen molar-refractivity contribution in [3.05, 3.63) is 23.3 Å². The molecule has 0 unspecified atom stereocenters. The van der Waals surface area contributed by atoms with Crippen LogP contribution in [0.5, 0.6) is 0 Å². The molecule has 3 nitrogen and oxygen atoms in total. The van der Waals surface area contributed by atoms with Crippen molar-refractivity contribution in [2.24, 2.45) is 0 Å². The Labute approximate surface area is 96.2 Å². The summed E-state index contributed by atoms with van der Waals surface area (Å²) in [5.41, 5.74) is 9.84. The first-order valence-corrected chi connectivity index (χ1v) is 5.77. The van der Waals surface area contributed by atoms with Gasteiger partial charge in [-0.2, -0.15) is 0 Å². The quantitative estimate of drug-likeness (QED) is 0.736. The minimum Gasteiger partial charge on any atom is -0.398 e. The first-order chi connectivity index (χ1) is 7.61. The van der Waals surface area contributed by atoms with E-state index in [0.717, 1.165) is 41.9 Å². The van der Waals surface area contributed by atoms with Crippen molar-refractivity contribution in [3.63, 3.8) is 0 Å². The zero-order valence-corrected chi connectivity index (χ0v) is 9.92. The maximum Gasteiger partial charge on any atom is 0.226 e. The van der Waals surface area contributed by atoms with E-state index in [1.165, 1.54) is 0 Å². The molecule has 1 aliphatic heterocycles. The van der Waals surface area contributed by atoms with Gasteiger partial charge in [0.1, 0.15) is 0 Å². The molecule has 2 N–H and O–H groups in total. The molecule has 86 valence electrons. The van der Waals surface area contributed by atoms with Crippen LogP contribution in [0.2, 0.25) is 0 Å². The first-order valence-electron chi connectivity index (χ1n) is 5.77. The Morgan fingerprint density at radius 1 is 1.25 bits per heavy atom. The minimum absolute atomic E-state index is 0.225. The van der Waals surface area contributed by atoms with E-state index in [-0.39, 0.29) is 5.91 Å². The van der Waals surface area contributed by atoms with Crippen LogP contribution in [0.4, 0.5) is 11.4 Å². The normalized spacial score (nSPS) is 16.6. The Hall–Kier alpha value is -1.51. The molecule has 1 aromatic rings. The van der Waals surface area contributed by atoms with Crippen LogP contribution in [0.15, 0.2) is 12.1 Å². The first kappa shape index (κ1) is 11.0. The molecular formula is C13H18N2O. The van der Waals surface area contributed by atoms with Crippen molar-refractivity contribution in [1.29, 1.82) is 0 Å². The number of carbonyl (C=O) groups is 1. The summed E-state index contributed by atoms with van der Waals surface area (Å²) >= 11 is 0. The predicted molar refractivity (Wildman–Crippen MR) is 66.5 cm³/mol. The average molecular weight is 218 g/mol. The number of nitrogens with two attached hydrogens (primary N) is 1. The Bertz CT molecular complexity index is 426. The lowest BCUT2D eigenvalue weighted by Gasteiger charge is -2.30. The van der Waals surface area contributed by atoms with Crippen molar-refractivity contribution in [2.75, 3.05) is 17.2 Å². The number of nitrogen functional groups attached to an aromatic ring is 1. The monoisotopic (exact) mass is 218 g/mol. The zero-order chi connectivity index (χ0) is 11.7. The van der Waals surface area contributed by atoms with Crippen LogP contribution in [0.1, 0.15) is 30.4 Å². The van der Waals surface area contributed by atoms with E-state index in [4.69, 9.17) is 5.73 Å². The predicted octanol–water partition coefficient (Wildman–Crippen LogP) is 2.40. The van der Waals surface area contributed by atoms with Gasteiger partial charge in [0, 0.05) is 18.7 Å². The van der Waals surface area contributed by atoms with Crippen LogP contribution in [0.3, 0.4) is 0 Å². The van der Waals surface area contributed by atoms with Crippen molar-refractivity contribution in [3.8, 4) is 0 Å². The second kappa shape index (κ2) is 4.16. The highest BCUT2D eigenvalue weighted by atomic mass is 16.2. The molecule has 0 aromatic heterocycles. The lowest BCUT2D eigenvalue weighted by atomic mass is 10.0. The maximum absolute atomic E-state index is 11.9. The van der Waals surface area contributed by atoms with Crippen LogP contribution < -0.4 is 10.6 Å². The number of amides is 1. The summed E-state index contributed by atoms with van der Waals surface area (Å²) in [4.78, 5) is 13.8. The molecule has 0 atom stereocenters. The SMILES string of the molecule is Cc1ccc(N)c(C)c1N1CCCCC1=O. The number of rotatable bonds is 1. The fraction of sp³-hybridized carbons (Fsp3) is 0.462. The highest BCUT2D eigenvalue weighted by Gasteiger charge is 2.22. The third-order valence-electron chi connectivity index (χ3n) is 3.27. The van der Waals surface area contributed by atoms with Gasteiger partial charge in [0.25, 0.3) is 0 Å². The highest BCUT2D eigenvalue weighted by molar-refractivity contribution is 5.96. The molecule has 1 fully saturated rings. The van der Waals surface area contributed by atoms with Crippen molar-refractivity contribution in [2.45, 2.75) is 33.1 Å². The summed E-state index contributed by atoms with van der Waals surface area (Å²) in [6.07, 6.45) is 2.75. The van der Waals surface area contributed by atoms with E-state index in [0.29, 0.717) is 6.42 Å². The van der Waals surface area contributed by atoms with Gasteiger partial charge in [-0.05, 0) is 43.9 Å². The number of aryl methyl sites for hydroxylation is 1. The van der Waals surface area contributed by atoms with E-state index >= 15 is 0 Å². The molecular weight excluding hydrogens is 200 g/mol. The number of anilines is 2. The van der Waals surface area contributed by atoms with E-state index in [1.54, 1.807) is 0 Å². The summed E-state index contributed by atoms with van der Waals surface area (Å²) in [5.74, 6) is 0.225. The van der Waals surface area contributed by atoms with E-state index in [2.05, 4.69) is 0 Å². The molecule has 0 saturated carbocycles. The molecule has 2 rings (SSSR count). The van der Waals surface area contributed by atoms with Gasteiger partial charge < -0.3 is 10.6 Å². The smallest absolute Gasteiger partial charge is 0.226 e. The van der Waals surface area contributed by atoms with Crippen molar-refractivity contribution >= 4 is 17.3 Å². The van der Waals surface area contributed by atoms with E-state index < -0.39 is 0 Å². The lowest BCUT2D eigenvalue weighted by Crippen LogP contribution is -2.36. The maximum atomic E-state index is 11.9. The van der Waals surface area contributed by atoms with Crippen molar-refractivity contribution < 1.29 is 4.79 Å². The average Bonchev–Trinajstić information content (AvgIpc) is 2.27. The molecule has 0 spiro atoms. The van der Waals surface area contributed by atoms with Gasteiger partial charge >= 0.3 is 0 Å². The Kier molecular flexibility index (Phi) is 2.86. The number of piperidine rings is 1. The lowest BCUT2D eigenvalue weighted by molar-refractivity contribution is -0.119. The third kappa shape index (κ3) is 1.77. The molecule has 1 aliphatic rings. The summed E-state index contributed by atoms with van der Waals surface area (Å²) in [7, 11) is 0. The molecule has 1 amide bonds. The van der Waals surface area contributed by atoms with E-state index in [1.807, 2.05) is 30.9 Å². The van der Waals surface area contributed by atoms with Crippen LogP contribution in [-0.2, 0) is 4.79 Å². The number of hydrogen-bond donors (Lipinski definition) is 1. The largest absolute Gasteiger partial charge is 0.398 e. The molecule has 0 radical (unpaired) electrons. The van der Waals surface area contributed by atoms with Gasteiger partial charge in [-0.15, -0.1) is 0 Å². The molecule has 0 aliphatic carbocycles. The second-order valence-corrected chi connectivity index (χ2v) is 4.45. The van der Waals surface area contributed by atoms with Crippen LogP contribution in [0.25, 0.3) is 0 Å². The zero-order valence-electron chi connectivity index (χ0n) is 9.92.